The SMILES string of the molecule is CC[C@H](C)[C@H](NS(=O)(=O)CCCF)C(=O)O. The molecule has 5 nitrogen and oxygen atoms in total. The maximum absolute atomic E-state index is 11.8. The second kappa shape index (κ2) is 6.80. The predicted molar refractivity (Wildman–Crippen MR) is 58.4 cm³/mol. The van der Waals surface area contributed by atoms with Crippen molar-refractivity contribution in [2.75, 3.05) is 12.4 Å². The molecule has 2 N–H and O–H groups in total. The summed E-state index contributed by atoms with van der Waals surface area (Å²) in [7, 11) is -3.71. The van der Waals surface area contributed by atoms with Crippen molar-refractivity contribution in [3.63, 3.8) is 0 Å². The smallest absolute Gasteiger partial charge is 0.322 e. The molecule has 0 radical (unpaired) electrons. The molecule has 0 aliphatic carbocycles. The Balaban J connectivity index is 4.57. The van der Waals surface area contributed by atoms with Gasteiger partial charge in [0.25, 0.3) is 0 Å². The minimum absolute atomic E-state index is 0.123. The first-order valence-corrected chi connectivity index (χ1v) is 6.78. The molecule has 96 valence electrons. The Kier molecular flexibility index (Phi) is 6.51. The van der Waals surface area contributed by atoms with Crippen LogP contribution >= 0.6 is 0 Å². The Morgan fingerprint density at radius 2 is 2.06 bits per heavy atom. The van der Waals surface area contributed by atoms with Crippen molar-refractivity contribution in [2.24, 2.45) is 5.92 Å². The first kappa shape index (κ1) is 15.3. The number of carboxylic acids is 1. The average Bonchev–Trinajstić information content (AvgIpc) is 2.22. The fourth-order valence-electron chi connectivity index (χ4n) is 1.14. The molecule has 0 rings (SSSR count). The third-order valence-electron chi connectivity index (χ3n) is 2.33. The Bertz CT molecular complexity index is 317. The number of hydrogen-bond acceptors (Lipinski definition) is 3. The van der Waals surface area contributed by atoms with Gasteiger partial charge in [-0.05, 0) is 12.3 Å². The predicted octanol–water partition coefficient (Wildman–Crippen LogP) is 0.765. The van der Waals surface area contributed by atoms with Crippen LogP contribution in [0.4, 0.5) is 4.39 Å². The molecule has 0 aliphatic heterocycles. The summed E-state index contributed by atoms with van der Waals surface area (Å²) >= 11 is 0. The van der Waals surface area contributed by atoms with E-state index >= 15 is 0 Å². The molecule has 0 saturated carbocycles. The summed E-state index contributed by atoms with van der Waals surface area (Å²) < 4.78 is 36.7. The molecule has 0 aromatic rings. The van der Waals surface area contributed by atoms with E-state index < -0.39 is 28.7 Å². The van der Waals surface area contributed by atoms with Crippen molar-refractivity contribution in [3.8, 4) is 0 Å². The van der Waals surface area contributed by atoms with Crippen LogP contribution in [0.1, 0.15) is 26.7 Å². The quantitative estimate of drug-likeness (QED) is 0.671. The summed E-state index contributed by atoms with van der Waals surface area (Å²) in [5.41, 5.74) is 0. The van der Waals surface area contributed by atoms with E-state index in [2.05, 4.69) is 4.72 Å². The van der Waals surface area contributed by atoms with Gasteiger partial charge < -0.3 is 5.11 Å². The van der Waals surface area contributed by atoms with Gasteiger partial charge in [0.15, 0.2) is 0 Å². The molecule has 2 atom stereocenters. The van der Waals surface area contributed by atoms with E-state index in [1.165, 1.54) is 0 Å². The molecule has 0 aromatic carbocycles. The lowest BCUT2D eigenvalue weighted by Gasteiger charge is -2.19. The Morgan fingerprint density at radius 1 is 1.50 bits per heavy atom. The fourth-order valence-corrected chi connectivity index (χ4v) is 2.47. The third-order valence-corrected chi connectivity index (χ3v) is 3.77. The number of rotatable bonds is 8. The summed E-state index contributed by atoms with van der Waals surface area (Å²) in [6.07, 6.45) is 0.421. The van der Waals surface area contributed by atoms with Crippen molar-refractivity contribution < 1.29 is 22.7 Å². The Morgan fingerprint density at radius 3 is 2.44 bits per heavy atom. The van der Waals surface area contributed by atoms with Crippen LogP contribution in [-0.4, -0.2) is 38.0 Å². The van der Waals surface area contributed by atoms with Crippen LogP contribution in [0.15, 0.2) is 0 Å². The zero-order chi connectivity index (χ0) is 12.8. The van der Waals surface area contributed by atoms with Gasteiger partial charge in [0.05, 0.1) is 12.4 Å². The molecule has 0 spiro atoms. The van der Waals surface area contributed by atoms with Crippen LogP contribution in [-0.2, 0) is 14.8 Å². The molecule has 0 aromatic heterocycles. The van der Waals surface area contributed by atoms with Crippen LogP contribution in [0.5, 0.6) is 0 Å². The monoisotopic (exact) mass is 255 g/mol. The molecule has 0 aliphatic rings. The van der Waals surface area contributed by atoms with Gasteiger partial charge in [0, 0.05) is 0 Å². The maximum Gasteiger partial charge on any atom is 0.322 e. The highest BCUT2D eigenvalue weighted by Crippen LogP contribution is 2.09. The Hall–Kier alpha value is -0.690. The molecule has 0 heterocycles. The molecular formula is C9H18FNO4S. The minimum Gasteiger partial charge on any atom is -0.480 e. The molecule has 7 heteroatoms. The summed E-state index contributed by atoms with van der Waals surface area (Å²) in [4.78, 5) is 10.9. The summed E-state index contributed by atoms with van der Waals surface area (Å²) in [6, 6.07) is -1.14. The first-order chi connectivity index (χ1) is 7.34. The number of nitrogens with one attached hydrogen (secondary N) is 1. The number of hydrogen-bond donors (Lipinski definition) is 2. The van der Waals surface area contributed by atoms with Crippen molar-refractivity contribution in [3.05, 3.63) is 0 Å². The number of alkyl halides is 1. The van der Waals surface area contributed by atoms with E-state index in [9.17, 15) is 17.6 Å². The van der Waals surface area contributed by atoms with Gasteiger partial charge in [0.1, 0.15) is 6.04 Å². The number of carbonyl (C=O) groups is 1. The van der Waals surface area contributed by atoms with E-state index in [0.717, 1.165) is 0 Å². The van der Waals surface area contributed by atoms with Gasteiger partial charge in [-0.15, -0.1) is 0 Å². The van der Waals surface area contributed by atoms with Gasteiger partial charge in [-0.1, -0.05) is 20.3 Å². The summed E-state index contributed by atoms with van der Waals surface area (Å²) in [6.45, 7) is 2.69. The maximum atomic E-state index is 11.8. The number of halogens is 1. The van der Waals surface area contributed by atoms with Gasteiger partial charge in [-0.3, -0.25) is 9.18 Å². The molecular weight excluding hydrogens is 237 g/mol. The van der Waals surface area contributed by atoms with Crippen LogP contribution in [0.25, 0.3) is 0 Å². The number of carboxylic acid groups (broad SMARTS) is 1. The molecule has 0 amide bonds. The molecule has 16 heavy (non-hydrogen) atoms. The second-order valence-corrected chi connectivity index (χ2v) is 5.55. The third kappa shape index (κ3) is 5.41. The van der Waals surface area contributed by atoms with Crippen LogP contribution in [0.2, 0.25) is 0 Å². The van der Waals surface area contributed by atoms with Gasteiger partial charge in [-0.2, -0.15) is 0 Å². The van der Waals surface area contributed by atoms with Crippen LogP contribution < -0.4 is 4.72 Å². The lowest BCUT2D eigenvalue weighted by atomic mass is 10.0. The van der Waals surface area contributed by atoms with Crippen molar-refractivity contribution in [1.29, 1.82) is 0 Å². The Labute approximate surface area is 95.1 Å². The van der Waals surface area contributed by atoms with Crippen LogP contribution in [0.3, 0.4) is 0 Å². The summed E-state index contributed by atoms with van der Waals surface area (Å²) in [5.74, 6) is -1.90. The first-order valence-electron chi connectivity index (χ1n) is 5.12. The zero-order valence-electron chi connectivity index (χ0n) is 9.44. The topological polar surface area (TPSA) is 83.5 Å². The van der Waals surface area contributed by atoms with E-state index in [1.807, 2.05) is 0 Å². The van der Waals surface area contributed by atoms with Crippen molar-refractivity contribution in [2.45, 2.75) is 32.7 Å². The lowest BCUT2D eigenvalue weighted by Crippen LogP contribution is -2.45. The standard InChI is InChI=1S/C9H18FNO4S/c1-3-7(2)8(9(12)13)11-16(14,15)6-4-5-10/h7-8,11H,3-6H2,1-2H3,(H,12,13)/t7-,8-/m0/s1. The number of aliphatic carboxylic acids is 1. The largest absolute Gasteiger partial charge is 0.480 e. The summed E-state index contributed by atoms with van der Waals surface area (Å²) in [5, 5.41) is 8.86. The second-order valence-electron chi connectivity index (χ2n) is 3.68. The lowest BCUT2D eigenvalue weighted by molar-refractivity contribution is -0.140. The normalized spacial score (nSPS) is 15.7. The van der Waals surface area contributed by atoms with E-state index in [1.54, 1.807) is 13.8 Å². The van der Waals surface area contributed by atoms with E-state index in [-0.39, 0.29) is 18.1 Å². The molecule has 0 unspecified atom stereocenters. The number of sulfonamides is 1. The molecule has 0 fully saturated rings. The molecule has 0 bridgehead atoms. The average molecular weight is 255 g/mol. The van der Waals surface area contributed by atoms with Crippen molar-refractivity contribution >= 4 is 16.0 Å². The van der Waals surface area contributed by atoms with E-state index in [0.29, 0.717) is 6.42 Å². The van der Waals surface area contributed by atoms with E-state index in [4.69, 9.17) is 5.11 Å². The zero-order valence-corrected chi connectivity index (χ0v) is 10.3. The van der Waals surface area contributed by atoms with Crippen LogP contribution in [0, 0.1) is 5.92 Å². The highest BCUT2D eigenvalue weighted by molar-refractivity contribution is 7.89. The highest BCUT2D eigenvalue weighted by atomic mass is 32.2. The highest BCUT2D eigenvalue weighted by Gasteiger charge is 2.27. The van der Waals surface area contributed by atoms with Gasteiger partial charge in [-0.25, -0.2) is 13.1 Å². The van der Waals surface area contributed by atoms with Gasteiger partial charge >= 0.3 is 5.97 Å². The molecule has 0 saturated heterocycles. The minimum atomic E-state index is -3.71. The fraction of sp³-hybridized carbons (Fsp3) is 0.889. The van der Waals surface area contributed by atoms with Crippen molar-refractivity contribution in [1.82, 2.24) is 4.72 Å². The van der Waals surface area contributed by atoms with Gasteiger partial charge in [0.2, 0.25) is 10.0 Å².